The lowest BCUT2D eigenvalue weighted by molar-refractivity contribution is 0.102. The number of amides is 1. The van der Waals surface area contributed by atoms with Crippen LogP contribution in [-0.2, 0) is 14.8 Å². The quantitative estimate of drug-likeness (QED) is 0.424. The van der Waals surface area contributed by atoms with Gasteiger partial charge in [-0.3, -0.25) is 4.79 Å². The number of aromatic nitrogens is 2. The Kier molecular flexibility index (Phi) is 7.52. The van der Waals surface area contributed by atoms with E-state index in [2.05, 4.69) is 25.3 Å². The summed E-state index contributed by atoms with van der Waals surface area (Å²) in [5.41, 5.74) is 3.41. The van der Waals surface area contributed by atoms with Crippen LogP contribution in [0.4, 0.5) is 17.3 Å². The van der Waals surface area contributed by atoms with Crippen molar-refractivity contribution in [2.75, 3.05) is 30.9 Å². The largest absolute Gasteiger partial charge is 0.383 e. The molecule has 1 amide bonds. The van der Waals surface area contributed by atoms with Gasteiger partial charge >= 0.3 is 0 Å². The van der Waals surface area contributed by atoms with Crippen LogP contribution in [0.25, 0.3) is 0 Å². The molecular formula is C22H25N5O4S. The summed E-state index contributed by atoms with van der Waals surface area (Å²) >= 11 is 0. The zero-order chi connectivity index (χ0) is 23.1. The number of anilines is 3. The van der Waals surface area contributed by atoms with Crippen molar-refractivity contribution < 1.29 is 17.9 Å². The first-order valence-corrected chi connectivity index (χ1v) is 11.3. The van der Waals surface area contributed by atoms with Gasteiger partial charge in [-0.2, -0.15) is 0 Å². The van der Waals surface area contributed by atoms with Crippen molar-refractivity contribution in [2.24, 2.45) is 0 Å². The molecule has 0 aliphatic carbocycles. The van der Waals surface area contributed by atoms with Gasteiger partial charge in [-0.15, -0.1) is 0 Å². The van der Waals surface area contributed by atoms with Crippen LogP contribution in [0, 0.1) is 13.8 Å². The predicted molar refractivity (Wildman–Crippen MR) is 123 cm³/mol. The van der Waals surface area contributed by atoms with E-state index in [-0.39, 0.29) is 24.0 Å². The molecule has 0 unspecified atom stereocenters. The second kappa shape index (κ2) is 10.3. The molecule has 0 spiro atoms. The smallest absolute Gasteiger partial charge is 0.255 e. The monoisotopic (exact) mass is 455 g/mol. The van der Waals surface area contributed by atoms with E-state index in [4.69, 9.17) is 4.74 Å². The number of carbonyl (C=O) groups excluding carboxylic acids is 1. The van der Waals surface area contributed by atoms with Crippen molar-refractivity contribution >= 4 is 33.3 Å². The van der Waals surface area contributed by atoms with Gasteiger partial charge in [0.15, 0.2) is 0 Å². The molecule has 0 aliphatic rings. The Hall–Kier alpha value is -3.34. The molecule has 3 aromatic rings. The number of sulfonamides is 1. The van der Waals surface area contributed by atoms with Crippen LogP contribution in [0.3, 0.4) is 0 Å². The van der Waals surface area contributed by atoms with Gasteiger partial charge in [0, 0.05) is 42.0 Å². The van der Waals surface area contributed by atoms with Gasteiger partial charge in [-0.25, -0.2) is 23.1 Å². The normalized spacial score (nSPS) is 11.2. The number of nitrogens with one attached hydrogen (secondary N) is 3. The topological polar surface area (TPSA) is 122 Å². The Morgan fingerprint density at radius 1 is 0.938 bits per heavy atom. The van der Waals surface area contributed by atoms with E-state index in [1.54, 1.807) is 24.3 Å². The molecule has 10 heteroatoms. The van der Waals surface area contributed by atoms with Gasteiger partial charge in [0.1, 0.15) is 0 Å². The van der Waals surface area contributed by atoms with Crippen molar-refractivity contribution in [3.05, 3.63) is 71.5 Å². The minimum Gasteiger partial charge on any atom is -0.383 e. The van der Waals surface area contributed by atoms with Gasteiger partial charge < -0.3 is 15.4 Å². The number of hydrogen-bond donors (Lipinski definition) is 3. The lowest BCUT2D eigenvalue weighted by Crippen LogP contribution is -2.27. The van der Waals surface area contributed by atoms with Gasteiger partial charge in [0.2, 0.25) is 16.0 Å². The summed E-state index contributed by atoms with van der Waals surface area (Å²) in [6, 6.07) is 14.7. The van der Waals surface area contributed by atoms with Gasteiger partial charge in [-0.05, 0) is 68.4 Å². The summed E-state index contributed by atoms with van der Waals surface area (Å²) in [6.45, 7) is 4.25. The highest BCUT2D eigenvalue weighted by Crippen LogP contribution is 2.18. The highest BCUT2D eigenvalue weighted by Gasteiger charge is 2.14. The van der Waals surface area contributed by atoms with Crippen LogP contribution in [0.1, 0.15) is 21.7 Å². The fraction of sp³-hybridized carbons (Fsp3) is 0.227. The maximum atomic E-state index is 12.5. The van der Waals surface area contributed by atoms with E-state index in [9.17, 15) is 13.2 Å². The Morgan fingerprint density at radius 3 is 2.12 bits per heavy atom. The first-order chi connectivity index (χ1) is 15.3. The molecule has 0 bridgehead atoms. The molecule has 0 aliphatic heterocycles. The number of rotatable bonds is 9. The number of methoxy groups -OCH3 is 1. The fourth-order valence-electron chi connectivity index (χ4n) is 2.90. The Morgan fingerprint density at radius 2 is 1.53 bits per heavy atom. The van der Waals surface area contributed by atoms with Crippen LogP contribution in [0.15, 0.2) is 59.5 Å². The van der Waals surface area contributed by atoms with Crippen LogP contribution >= 0.6 is 0 Å². The van der Waals surface area contributed by atoms with Crippen molar-refractivity contribution in [3.8, 4) is 0 Å². The van der Waals surface area contributed by atoms with Crippen molar-refractivity contribution in [1.29, 1.82) is 0 Å². The summed E-state index contributed by atoms with van der Waals surface area (Å²) in [6.07, 6.45) is 0. The van der Waals surface area contributed by atoms with Crippen LogP contribution in [-0.4, -0.2) is 44.6 Å². The third-order valence-corrected chi connectivity index (χ3v) is 5.88. The molecule has 0 fully saturated rings. The van der Waals surface area contributed by atoms with E-state index in [0.717, 1.165) is 17.1 Å². The number of aryl methyl sites for hydroxylation is 2. The number of nitrogens with zero attached hydrogens (tertiary/aromatic N) is 2. The lowest BCUT2D eigenvalue weighted by Gasteiger charge is -2.09. The molecule has 168 valence electrons. The first-order valence-electron chi connectivity index (χ1n) is 9.86. The second-order valence-electron chi connectivity index (χ2n) is 7.05. The summed E-state index contributed by atoms with van der Waals surface area (Å²) in [7, 11) is -2.13. The highest BCUT2D eigenvalue weighted by molar-refractivity contribution is 7.89. The average molecular weight is 456 g/mol. The molecule has 0 atom stereocenters. The summed E-state index contributed by atoms with van der Waals surface area (Å²) in [4.78, 5) is 21.3. The molecule has 0 radical (unpaired) electrons. The van der Waals surface area contributed by atoms with Crippen molar-refractivity contribution in [2.45, 2.75) is 18.7 Å². The fourth-order valence-corrected chi connectivity index (χ4v) is 3.91. The van der Waals surface area contributed by atoms with Gasteiger partial charge in [0.05, 0.1) is 11.5 Å². The molecular weight excluding hydrogens is 430 g/mol. The van der Waals surface area contributed by atoms with Gasteiger partial charge in [0.25, 0.3) is 5.91 Å². The number of carbonyl (C=O) groups is 1. The van der Waals surface area contributed by atoms with Crippen molar-refractivity contribution in [1.82, 2.24) is 14.7 Å². The zero-order valence-electron chi connectivity index (χ0n) is 18.0. The molecule has 32 heavy (non-hydrogen) atoms. The van der Waals surface area contributed by atoms with Crippen LogP contribution in [0.2, 0.25) is 0 Å². The minimum atomic E-state index is -3.63. The van der Waals surface area contributed by atoms with E-state index >= 15 is 0 Å². The summed E-state index contributed by atoms with van der Waals surface area (Å²) < 4.78 is 31.7. The number of hydrogen-bond acceptors (Lipinski definition) is 7. The van der Waals surface area contributed by atoms with Gasteiger partial charge in [-0.1, -0.05) is 0 Å². The molecule has 1 aromatic heterocycles. The molecule has 9 nitrogen and oxygen atoms in total. The molecule has 3 rings (SSSR count). The Balaban J connectivity index is 1.62. The van der Waals surface area contributed by atoms with E-state index < -0.39 is 10.0 Å². The number of benzene rings is 2. The van der Waals surface area contributed by atoms with Crippen LogP contribution < -0.4 is 15.4 Å². The lowest BCUT2D eigenvalue weighted by atomic mass is 10.2. The van der Waals surface area contributed by atoms with E-state index in [0.29, 0.717) is 17.2 Å². The Labute approximate surface area is 187 Å². The maximum Gasteiger partial charge on any atom is 0.255 e. The summed E-state index contributed by atoms with van der Waals surface area (Å²) in [5, 5.41) is 5.87. The molecule has 0 saturated heterocycles. The standard InChI is InChI=1S/C22H25N5O4S/c1-15-14-16(2)25-22(24-15)27-19-6-4-17(5-7-19)21(28)26-18-8-10-20(11-9-18)32(29,30)23-12-13-31-3/h4-11,14,23H,12-13H2,1-3H3,(H,26,28)(H,24,25,27). The molecule has 2 aromatic carbocycles. The van der Waals surface area contributed by atoms with E-state index in [1.807, 2.05) is 19.9 Å². The maximum absolute atomic E-state index is 12.5. The first kappa shape index (κ1) is 23.3. The van der Waals surface area contributed by atoms with Crippen molar-refractivity contribution in [3.63, 3.8) is 0 Å². The molecule has 3 N–H and O–H groups in total. The SMILES string of the molecule is COCCNS(=O)(=O)c1ccc(NC(=O)c2ccc(Nc3nc(C)cc(C)n3)cc2)cc1. The predicted octanol–water partition coefficient (Wildman–Crippen LogP) is 3.01. The summed E-state index contributed by atoms with van der Waals surface area (Å²) in [5.74, 6) is 0.180. The average Bonchev–Trinajstić information content (AvgIpc) is 2.74. The third-order valence-electron chi connectivity index (χ3n) is 4.41. The third kappa shape index (κ3) is 6.33. The van der Waals surface area contributed by atoms with E-state index in [1.165, 1.54) is 31.4 Å². The zero-order valence-corrected chi connectivity index (χ0v) is 18.9. The molecule has 1 heterocycles. The highest BCUT2D eigenvalue weighted by atomic mass is 32.2. The second-order valence-corrected chi connectivity index (χ2v) is 8.81. The Bertz CT molecular complexity index is 1160. The van der Waals surface area contributed by atoms with Crippen LogP contribution in [0.5, 0.6) is 0 Å². The minimum absolute atomic E-state index is 0.107. The molecule has 0 saturated carbocycles. The number of ether oxygens (including phenoxy) is 1.